The second kappa shape index (κ2) is 6.52. The fraction of sp³-hybridized carbons (Fsp3) is 0.846. The smallest absolute Gasteiger partial charge is 0.0876 e. The van der Waals surface area contributed by atoms with Crippen LogP contribution in [0.15, 0.2) is 11.8 Å². The van der Waals surface area contributed by atoms with Crippen molar-refractivity contribution in [1.29, 1.82) is 0 Å². The highest BCUT2D eigenvalue weighted by atomic mass is 16.5. The SMILES string of the molecule is CN1CCCN(C)C(C(NN)C2=COCCC2)C1. The summed E-state index contributed by atoms with van der Waals surface area (Å²) in [6.45, 7) is 4.17. The molecular formula is C13H26N4O. The molecule has 1 fully saturated rings. The van der Waals surface area contributed by atoms with Crippen molar-refractivity contribution in [1.82, 2.24) is 15.2 Å². The van der Waals surface area contributed by atoms with E-state index in [1.165, 1.54) is 12.0 Å². The van der Waals surface area contributed by atoms with Gasteiger partial charge in [0.15, 0.2) is 0 Å². The van der Waals surface area contributed by atoms with Gasteiger partial charge in [-0.25, -0.2) is 0 Å². The van der Waals surface area contributed by atoms with E-state index in [0.29, 0.717) is 6.04 Å². The number of likely N-dealkylation sites (N-methyl/N-ethyl adjacent to an activating group) is 2. The molecule has 2 unspecified atom stereocenters. The summed E-state index contributed by atoms with van der Waals surface area (Å²) in [7, 11) is 4.38. The van der Waals surface area contributed by atoms with Crippen LogP contribution in [-0.4, -0.2) is 62.2 Å². The Labute approximate surface area is 110 Å². The Morgan fingerprint density at radius 3 is 2.89 bits per heavy atom. The molecule has 0 amide bonds. The second-order valence-corrected chi connectivity index (χ2v) is 5.48. The van der Waals surface area contributed by atoms with Gasteiger partial charge < -0.3 is 14.5 Å². The van der Waals surface area contributed by atoms with Gasteiger partial charge in [-0.05, 0) is 52.0 Å². The first-order chi connectivity index (χ1) is 8.72. The van der Waals surface area contributed by atoms with E-state index in [4.69, 9.17) is 10.6 Å². The summed E-state index contributed by atoms with van der Waals surface area (Å²) in [5.41, 5.74) is 4.31. The fourth-order valence-corrected chi connectivity index (χ4v) is 2.94. The van der Waals surface area contributed by atoms with Gasteiger partial charge in [0.05, 0.1) is 18.9 Å². The molecule has 5 heteroatoms. The predicted octanol–water partition coefficient (Wildman–Crippen LogP) is 0.149. The molecule has 0 bridgehead atoms. The fourth-order valence-electron chi connectivity index (χ4n) is 2.94. The number of hydrogen-bond donors (Lipinski definition) is 2. The van der Waals surface area contributed by atoms with Crippen LogP contribution in [-0.2, 0) is 4.74 Å². The number of nitrogens with zero attached hydrogens (tertiary/aromatic N) is 2. The van der Waals surface area contributed by atoms with Crippen LogP contribution in [0, 0.1) is 0 Å². The molecule has 0 aromatic carbocycles. The molecule has 104 valence electrons. The van der Waals surface area contributed by atoms with Crippen molar-refractivity contribution >= 4 is 0 Å². The molecule has 0 aromatic heterocycles. The number of hydrogen-bond acceptors (Lipinski definition) is 5. The first kappa shape index (κ1) is 13.8. The highest BCUT2D eigenvalue weighted by molar-refractivity contribution is 5.14. The maximum Gasteiger partial charge on any atom is 0.0876 e. The minimum absolute atomic E-state index is 0.191. The van der Waals surface area contributed by atoms with Crippen molar-refractivity contribution in [2.75, 3.05) is 40.3 Å². The lowest BCUT2D eigenvalue weighted by Crippen LogP contribution is -2.55. The zero-order valence-electron chi connectivity index (χ0n) is 11.6. The lowest BCUT2D eigenvalue weighted by atomic mass is 9.95. The van der Waals surface area contributed by atoms with Gasteiger partial charge in [0.2, 0.25) is 0 Å². The van der Waals surface area contributed by atoms with Crippen molar-refractivity contribution in [3.8, 4) is 0 Å². The molecule has 0 saturated carbocycles. The molecule has 0 aliphatic carbocycles. The van der Waals surface area contributed by atoms with Gasteiger partial charge >= 0.3 is 0 Å². The lowest BCUT2D eigenvalue weighted by Gasteiger charge is -2.36. The van der Waals surface area contributed by atoms with Gasteiger partial charge in [0, 0.05) is 12.6 Å². The molecule has 0 spiro atoms. The van der Waals surface area contributed by atoms with Crippen LogP contribution in [0.3, 0.4) is 0 Å². The molecule has 18 heavy (non-hydrogen) atoms. The third-order valence-electron chi connectivity index (χ3n) is 4.04. The molecule has 2 aliphatic rings. The normalized spacial score (nSPS) is 29.3. The number of nitrogens with two attached hydrogens (primary N) is 1. The monoisotopic (exact) mass is 254 g/mol. The van der Waals surface area contributed by atoms with E-state index in [0.717, 1.165) is 39.1 Å². The summed E-state index contributed by atoms with van der Waals surface area (Å²) in [5.74, 6) is 5.80. The first-order valence-corrected chi connectivity index (χ1v) is 6.88. The van der Waals surface area contributed by atoms with E-state index in [9.17, 15) is 0 Å². The highest BCUT2D eigenvalue weighted by Gasteiger charge is 2.30. The summed E-state index contributed by atoms with van der Waals surface area (Å²) >= 11 is 0. The molecule has 2 atom stereocenters. The van der Waals surface area contributed by atoms with E-state index in [2.05, 4.69) is 29.3 Å². The van der Waals surface area contributed by atoms with Gasteiger partial charge in [-0.1, -0.05) is 0 Å². The summed E-state index contributed by atoms with van der Waals surface area (Å²) in [6, 6.07) is 0.603. The quantitative estimate of drug-likeness (QED) is 0.554. The van der Waals surface area contributed by atoms with Gasteiger partial charge in [0.1, 0.15) is 0 Å². The third kappa shape index (κ3) is 3.23. The van der Waals surface area contributed by atoms with E-state index in [1.807, 2.05) is 6.26 Å². The van der Waals surface area contributed by atoms with E-state index in [1.54, 1.807) is 0 Å². The Kier molecular flexibility index (Phi) is 5.00. The van der Waals surface area contributed by atoms with Crippen LogP contribution in [0.25, 0.3) is 0 Å². The molecule has 3 N–H and O–H groups in total. The van der Waals surface area contributed by atoms with Gasteiger partial charge in [-0.3, -0.25) is 11.3 Å². The predicted molar refractivity (Wildman–Crippen MR) is 72.9 cm³/mol. The van der Waals surface area contributed by atoms with Crippen LogP contribution in [0.2, 0.25) is 0 Å². The van der Waals surface area contributed by atoms with Crippen molar-refractivity contribution < 1.29 is 4.74 Å². The Morgan fingerprint density at radius 2 is 2.22 bits per heavy atom. The van der Waals surface area contributed by atoms with Crippen molar-refractivity contribution in [2.24, 2.45) is 5.84 Å². The summed E-state index contributed by atoms with van der Waals surface area (Å²) < 4.78 is 5.46. The summed E-state index contributed by atoms with van der Waals surface area (Å²) in [4.78, 5) is 4.81. The minimum atomic E-state index is 0.191. The first-order valence-electron chi connectivity index (χ1n) is 6.88. The van der Waals surface area contributed by atoms with Crippen LogP contribution in [0.5, 0.6) is 0 Å². The zero-order chi connectivity index (χ0) is 13.0. The average Bonchev–Trinajstić information content (AvgIpc) is 2.54. The average molecular weight is 254 g/mol. The van der Waals surface area contributed by atoms with E-state index < -0.39 is 0 Å². The van der Waals surface area contributed by atoms with Crippen LogP contribution in [0.1, 0.15) is 19.3 Å². The van der Waals surface area contributed by atoms with Gasteiger partial charge in [-0.15, -0.1) is 0 Å². The van der Waals surface area contributed by atoms with Crippen LogP contribution < -0.4 is 11.3 Å². The van der Waals surface area contributed by atoms with E-state index >= 15 is 0 Å². The van der Waals surface area contributed by atoms with Crippen LogP contribution in [0.4, 0.5) is 0 Å². The third-order valence-corrected chi connectivity index (χ3v) is 4.04. The largest absolute Gasteiger partial charge is 0.501 e. The molecular weight excluding hydrogens is 228 g/mol. The van der Waals surface area contributed by atoms with Gasteiger partial charge in [-0.2, -0.15) is 0 Å². The van der Waals surface area contributed by atoms with Crippen molar-refractivity contribution in [3.63, 3.8) is 0 Å². The number of nitrogens with one attached hydrogen (secondary N) is 1. The molecule has 2 rings (SSSR count). The molecule has 2 heterocycles. The standard InChI is InChI=1S/C13H26N4O/c1-16-6-4-7-17(2)12(9-16)13(15-14)11-5-3-8-18-10-11/h10,12-13,15H,3-9,14H2,1-2H3. The topological polar surface area (TPSA) is 53.8 Å². The molecule has 2 aliphatic heterocycles. The summed E-state index contributed by atoms with van der Waals surface area (Å²) in [5, 5.41) is 0. The molecule has 0 radical (unpaired) electrons. The minimum Gasteiger partial charge on any atom is -0.501 e. The Morgan fingerprint density at radius 1 is 1.39 bits per heavy atom. The second-order valence-electron chi connectivity index (χ2n) is 5.48. The van der Waals surface area contributed by atoms with Gasteiger partial charge in [0.25, 0.3) is 0 Å². The maximum absolute atomic E-state index is 5.80. The van der Waals surface area contributed by atoms with Crippen molar-refractivity contribution in [3.05, 3.63) is 11.8 Å². The van der Waals surface area contributed by atoms with E-state index in [-0.39, 0.29) is 6.04 Å². The Balaban J connectivity index is 2.11. The van der Waals surface area contributed by atoms with Crippen LogP contribution >= 0.6 is 0 Å². The maximum atomic E-state index is 5.80. The Hall–Kier alpha value is -0.620. The molecule has 5 nitrogen and oxygen atoms in total. The Bertz CT molecular complexity index is 295. The summed E-state index contributed by atoms with van der Waals surface area (Å²) in [6.07, 6.45) is 5.31. The number of hydrazine groups is 1. The molecule has 0 aromatic rings. The van der Waals surface area contributed by atoms with Crippen molar-refractivity contribution in [2.45, 2.75) is 31.3 Å². The lowest BCUT2D eigenvalue weighted by molar-refractivity contribution is 0.173. The number of rotatable bonds is 3. The number of ether oxygens (including phenoxy) is 1. The highest BCUT2D eigenvalue weighted by Crippen LogP contribution is 2.21. The zero-order valence-corrected chi connectivity index (χ0v) is 11.6. The molecule has 1 saturated heterocycles.